The molecule has 1 unspecified atom stereocenters. The zero-order valence-electron chi connectivity index (χ0n) is 9.17. The molecule has 0 aliphatic rings. The van der Waals surface area contributed by atoms with E-state index in [-0.39, 0.29) is 5.25 Å². The van der Waals surface area contributed by atoms with E-state index in [1.165, 1.54) is 11.8 Å². The monoisotopic (exact) mass is 307 g/mol. The summed E-state index contributed by atoms with van der Waals surface area (Å²) in [6, 6.07) is 10.2. The first-order chi connectivity index (χ1) is 8.20. The van der Waals surface area contributed by atoms with Crippen molar-refractivity contribution >= 4 is 27.7 Å². The number of hydrogen-bond donors (Lipinski definition) is 0. The van der Waals surface area contributed by atoms with Crippen molar-refractivity contribution in [2.45, 2.75) is 17.3 Å². The van der Waals surface area contributed by atoms with Crippen LogP contribution in [0.15, 0.2) is 46.3 Å². The average molecular weight is 308 g/mol. The first-order valence-corrected chi connectivity index (χ1v) is 6.73. The van der Waals surface area contributed by atoms with Crippen LogP contribution in [0.1, 0.15) is 6.92 Å². The van der Waals surface area contributed by atoms with Gasteiger partial charge in [0.2, 0.25) is 0 Å². The van der Waals surface area contributed by atoms with Gasteiger partial charge in [0.25, 0.3) is 0 Å². The molecule has 0 fully saturated rings. The molecule has 2 aromatic rings. The minimum atomic E-state index is -0.105. The van der Waals surface area contributed by atoms with E-state index < -0.39 is 0 Å². The third-order valence-electron chi connectivity index (χ3n) is 2.18. The standard InChI is InChI=1S/C12H10BrN3S/c1-9(8-14)17-12-15-6-7-16(12)11-4-2-10(13)3-5-11/h2-7,9H,1H3. The highest BCUT2D eigenvalue weighted by molar-refractivity contribution is 9.10. The fourth-order valence-electron chi connectivity index (χ4n) is 1.36. The number of benzene rings is 1. The van der Waals surface area contributed by atoms with Gasteiger partial charge in [-0.25, -0.2) is 4.98 Å². The average Bonchev–Trinajstić information content (AvgIpc) is 2.78. The fourth-order valence-corrected chi connectivity index (χ4v) is 2.39. The second-order valence-electron chi connectivity index (χ2n) is 3.45. The Morgan fingerprint density at radius 1 is 1.41 bits per heavy atom. The molecular formula is C12H10BrN3S. The molecule has 0 aliphatic carbocycles. The van der Waals surface area contributed by atoms with Crippen LogP contribution < -0.4 is 0 Å². The minimum Gasteiger partial charge on any atom is -0.295 e. The number of halogens is 1. The summed E-state index contributed by atoms with van der Waals surface area (Å²) >= 11 is 4.86. The maximum atomic E-state index is 8.82. The number of aromatic nitrogens is 2. The van der Waals surface area contributed by atoms with E-state index in [1.807, 2.05) is 42.0 Å². The Hall–Kier alpha value is -1.25. The molecule has 86 valence electrons. The van der Waals surface area contributed by atoms with Crippen LogP contribution in [0.2, 0.25) is 0 Å². The molecule has 0 saturated heterocycles. The van der Waals surface area contributed by atoms with Gasteiger partial charge in [-0.05, 0) is 31.2 Å². The minimum absolute atomic E-state index is 0.105. The summed E-state index contributed by atoms with van der Waals surface area (Å²) in [7, 11) is 0. The van der Waals surface area contributed by atoms with Gasteiger partial charge in [0.1, 0.15) is 0 Å². The number of nitrogens with zero attached hydrogens (tertiary/aromatic N) is 3. The molecule has 1 aromatic carbocycles. The van der Waals surface area contributed by atoms with E-state index in [1.54, 1.807) is 6.20 Å². The number of nitriles is 1. The van der Waals surface area contributed by atoms with Gasteiger partial charge in [-0.2, -0.15) is 5.26 Å². The van der Waals surface area contributed by atoms with E-state index in [0.717, 1.165) is 15.3 Å². The summed E-state index contributed by atoms with van der Waals surface area (Å²) in [5, 5.41) is 9.55. The lowest BCUT2D eigenvalue weighted by Gasteiger charge is -2.08. The van der Waals surface area contributed by atoms with Crippen LogP contribution in [0.4, 0.5) is 0 Å². The van der Waals surface area contributed by atoms with Crippen LogP contribution >= 0.6 is 27.7 Å². The predicted molar refractivity (Wildman–Crippen MR) is 72.2 cm³/mol. The van der Waals surface area contributed by atoms with Gasteiger partial charge in [0, 0.05) is 22.6 Å². The van der Waals surface area contributed by atoms with Gasteiger partial charge in [-0.1, -0.05) is 27.7 Å². The number of imidazole rings is 1. The van der Waals surface area contributed by atoms with E-state index in [4.69, 9.17) is 5.26 Å². The maximum absolute atomic E-state index is 8.82. The molecule has 3 nitrogen and oxygen atoms in total. The van der Waals surface area contributed by atoms with Gasteiger partial charge in [0.15, 0.2) is 5.16 Å². The van der Waals surface area contributed by atoms with Gasteiger partial charge < -0.3 is 0 Å². The van der Waals surface area contributed by atoms with Crippen LogP contribution in [-0.4, -0.2) is 14.8 Å². The van der Waals surface area contributed by atoms with E-state index >= 15 is 0 Å². The summed E-state index contributed by atoms with van der Waals surface area (Å²) in [6.07, 6.45) is 3.64. The predicted octanol–water partition coefficient (Wildman–Crippen LogP) is 3.64. The molecule has 2 rings (SSSR count). The van der Waals surface area contributed by atoms with Gasteiger partial charge in [-0.15, -0.1) is 0 Å². The highest BCUT2D eigenvalue weighted by Crippen LogP contribution is 2.24. The lowest BCUT2D eigenvalue weighted by Crippen LogP contribution is -1.98. The lowest BCUT2D eigenvalue weighted by atomic mass is 10.3. The van der Waals surface area contributed by atoms with Crippen LogP contribution in [-0.2, 0) is 0 Å². The third kappa shape index (κ3) is 2.90. The van der Waals surface area contributed by atoms with Crippen molar-refractivity contribution in [2.75, 3.05) is 0 Å². The number of rotatable bonds is 3. The summed E-state index contributed by atoms with van der Waals surface area (Å²) in [4.78, 5) is 4.27. The molecule has 1 heterocycles. The van der Waals surface area contributed by atoms with Crippen molar-refractivity contribution < 1.29 is 0 Å². The second kappa shape index (κ2) is 5.39. The SMILES string of the molecule is CC(C#N)Sc1nccn1-c1ccc(Br)cc1. The quantitative estimate of drug-likeness (QED) is 0.813. The van der Waals surface area contributed by atoms with Crippen LogP contribution in [0.5, 0.6) is 0 Å². The van der Waals surface area contributed by atoms with Gasteiger partial charge >= 0.3 is 0 Å². The van der Waals surface area contributed by atoms with E-state index in [0.29, 0.717) is 0 Å². The second-order valence-corrected chi connectivity index (χ2v) is 5.67. The largest absolute Gasteiger partial charge is 0.295 e. The van der Waals surface area contributed by atoms with Crippen LogP contribution in [0.25, 0.3) is 5.69 Å². The van der Waals surface area contributed by atoms with Gasteiger partial charge in [0.05, 0.1) is 11.3 Å². The molecule has 5 heteroatoms. The van der Waals surface area contributed by atoms with E-state index in [2.05, 4.69) is 27.0 Å². The van der Waals surface area contributed by atoms with E-state index in [9.17, 15) is 0 Å². The Kier molecular flexibility index (Phi) is 3.87. The highest BCUT2D eigenvalue weighted by Gasteiger charge is 2.09. The molecular weight excluding hydrogens is 298 g/mol. The zero-order valence-corrected chi connectivity index (χ0v) is 11.6. The highest BCUT2D eigenvalue weighted by atomic mass is 79.9. The molecule has 1 atom stereocenters. The van der Waals surface area contributed by atoms with Crippen LogP contribution in [0.3, 0.4) is 0 Å². The van der Waals surface area contributed by atoms with Crippen molar-refractivity contribution in [3.05, 3.63) is 41.1 Å². The Labute approximate surface area is 113 Å². The lowest BCUT2D eigenvalue weighted by molar-refractivity contribution is 0.892. The molecule has 0 radical (unpaired) electrons. The van der Waals surface area contributed by atoms with Crippen molar-refractivity contribution in [1.29, 1.82) is 5.26 Å². The van der Waals surface area contributed by atoms with Crippen molar-refractivity contribution in [3.63, 3.8) is 0 Å². The first-order valence-electron chi connectivity index (χ1n) is 5.06. The smallest absolute Gasteiger partial charge is 0.173 e. The molecule has 0 saturated carbocycles. The summed E-state index contributed by atoms with van der Waals surface area (Å²) in [6.45, 7) is 1.87. The molecule has 0 bridgehead atoms. The Morgan fingerprint density at radius 3 is 2.76 bits per heavy atom. The number of thioether (sulfide) groups is 1. The van der Waals surface area contributed by atoms with Crippen LogP contribution in [0, 0.1) is 11.3 Å². The zero-order chi connectivity index (χ0) is 12.3. The van der Waals surface area contributed by atoms with Crippen molar-refractivity contribution in [1.82, 2.24) is 9.55 Å². The molecule has 1 aromatic heterocycles. The number of hydrogen-bond acceptors (Lipinski definition) is 3. The molecule has 17 heavy (non-hydrogen) atoms. The Morgan fingerprint density at radius 2 is 2.12 bits per heavy atom. The summed E-state index contributed by atoms with van der Waals surface area (Å²) in [5.74, 6) is 0. The summed E-state index contributed by atoms with van der Waals surface area (Å²) in [5.41, 5.74) is 1.04. The van der Waals surface area contributed by atoms with Crippen molar-refractivity contribution in [2.24, 2.45) is 0 Å². The normalized spacial score (nSPS) is 12.1. The molecule has 0 N–H and O–H groups in total. The Balaban J connectivity index is 2.31. The molecule has 0 spiro atoms. The molecule has 0 aliphatic heterocycles. The fraction of sp³-hybridized carbons (Fsp3) is 0.167. The topological polar surface area (TPSA) is 41.6 Å². The van der Waals surface area contributed by atoms with Gasteiger partial charge in [-0.3, -0.25) is 4.57 Å². The van der Waals surface area contributed by atoms with Crippen molar-refractivity contribution in [3.8, 4) is 11.8 Å². The third-order valence-corrected chi connectivity index (χ3v) is 3.68. The Bertz CT molecular complexity index is 542. The first kappa shape index (κ1) is 12.2. The molecule has 0 amide bonds. The maximum Gasteiger partial charge on any atom is 0.173 e. The summed E-state index contributed by atoms with van der Waals surface area (Å²) < 4.78 is 3.02.